The first-order valence-electron chi connectivity index (χ1n) is 6.10. The molecule has 0 fully saturated rings. The van der Waals surface area contributed by atoms with Gasteiger partial charge in [0.05, 0.1) is 24.9 Å². The van der Waals surface area contributed by atoms with Gasteiger partial charge in [-0.1, -0.05) is 0 Å². The van der Waals surface area contributed by atoms with Gasteiger partial charge in [-0.15, -0.1) is 11.3 Å². The Bertz CT molecular complexity index is 608. The van der Waals surface area contributed by atoms with Gasteiger partial charge in [0.1, 0.15) is 0 Å². The average Bonchev–Trinajstić information content (AvgIpc) is 3.09. The number of rotatable bonds is 7. The number of hydrogen-bond acceptors (Lipinski definition) is 6. The van der Waals surface area contributed by atoms with Gasteiger partial charge in [0, 0.05) is 12.5 Å². The Kier molecular flexibility index (Phi) is 5.07. The predicted molar refractivity (Wildman–Crippen MR) is 75.0 cm³/mol. The van der Waals surface area contributed by atoms with Crippen molar-refractivity contribution in [1.29, 1.82) is 0 Å². The minimum Gasteiger partial charge on any atom is -0.479 e. The summed E-state index contributed by atoms with van der Waals surface area (Å²) < 4.78 is 9.95. The van der Waals surface area contributed by atoms with Crippen LogP contribution in [0.15, 0.2) is 28.2 Å². The van der Waals surface area contributed by atoms with E-state index >= 15 is 0 Å². The molecule has 0 aromatic carbocycles. The molecule has 112 valence electrons. The number of nitrogens with one attached hydrogen (secondary N) is 1. The second-order valence-corrected chi connectivity index (χ2v) is 5.02. The van der Waals surface area contributed by atoms with Crippen molar-refractivity contribution in [2.24, 2.45) is 0 Å². The fraction of sp³-hybridized carbons (Fsp3) is 0.308. The number of aliphatic carboxylic acids is 1. The van der Waals surface area contributed by atoms with Gasteiger partial charge < -0.3 is 19.6 Å². The highest BCUT2D eigenvalue weighted by Gasteiger charge is 2.17. The van der Waals surface area contributed by atoms with Crippen LogP contribution in [0.1, 0.15) is 5.69 Å². The van der Waals surface area contributed by atoms with Crippen LogP contribution in [0.2, 0.25) is 0 Å². The molecule has 1 amide bonds. The molecule has 0 radical (unpaired) electrons. The van der Waals surface area contributed by atoms with E-state index in [2.05, 4.69) is 10.3 Å². The largest absolute Gasteiger partial charge is 0.479 e. The van der Waals surface area contributed by atoms with Crippen LogP contribution in [0.4, 0.5) is 0 Å². The van der Waals surface area contributed by atoms with E-state index in [0.717, 1.165) is 0 Å². The third kappa shape index (κ3) is 4.14. The molecule has 1 unspecified atom stereocenters. The fourth-order valence-electron chi connectivity index (χ4n) is 1.61. The molecule has 1 atom stereocenters. The van der Waals surface area contributed by atoms with Gasteiger partial charge in [0.2, 0.25) is 5.91 Å². The number of ether oxygens (including phenoxy) is 1. The van der Waals surface area contributed by atoms with Gasteiger partial charge >= 0.3 is 5.97 Å². The summed E-state index contributed by atoms with van der Waals surface area (Å²) in [6, 6.07) is 3.55. The molecule has 0 bridgehead atoms. The molecule has 0 spiro atoms. The van der Waals surface area contributed by atoms with Crippen LogP contribution in [0.3, 0.4) is 0 Å². The lowest BCUT2D eigenvalue weighted by Gasteiger charge is -2.10. The van der Waals surface area contributed by atoms with E-state index in [4.69, 9.17) is 14.3 Å². The topological polar surface area (TPSA) is 102 Å². The Morgan fingerprint density at radius 2 is 2.38 bits per heavy atom. The van der Waals surface area contributed by atoms with Gasteiger partial charge in [-0.3, -0.25) is 4.79 Å². The molecule has 0 aliphatic carbocycles. The normalized spacial score (nSPS) is 12.0. The van der Waals surface area contributed by atoms with Crippen LogP contribution in [-0.2, 0) is 20.7 Å². The van der Waals surface area contributed by atoms with Gasteiger partial charge in [-0.2, -0.15) is 0 Å². The molecule has 0 saturated carbocycles. The number of hydrogen-bond donors (Lipinski definition) is 2. The Morgan fingerprint density at radius 1 is 1.57 bits per heavy atom. The highest BCUT2D eigenvalue weighted by molar-refractivity contribution is 7.13. The molecule has 2 heterocycles. The number of carboxylic acid groups (broad SMARTS) is 1. The maximum Gasteiger partial charge on any atom is 0.334 e. The Balaban J connectivity index is 1.87. The van der Waals surface area contributed by atoms with E-state index < -0.39 is 12.1 Å². The second-order valence-electron chi connectivity index (χ2n) is 4.16. The molecule has 21 heavy (non-hydrogen) atoms. The van der Waals surface area contributed by atoms with Crippen molar-refractivity contribution in [3.63, 3.8) is 0 Å². The quantitative estimate of drug-likeness (QED) is 0.796. The van der Waals surface area contributed by atoms with E-state index in [1.807, 2.05) is 0 Å². The number of methoxy groups -OCH3 is 1. The van der Waals surface area contributed by atoms with Crippen molar-refractivity contribution < 1.29 is 23.8 Å². The van der Waals surface area contributed by atoms with Crippen molar-refractivity contribution in [1.82, 2.24) is 10.3 Å². The molecule has 7 nitrogen and oxygen atoms in total. The first-order chi connectivity index (χ1) is 10.1. The summed E-state index contributed by atoms with van der Waals surface area (Å²) in [5.41, 5.74) is 0.605. The summed E-state index contributed by atoms with van der Waals surface area (Å²) in [6.07, 6.45) is 0.579. The number of amides is 1. The maximum absolute atomic E-state index is 11.7. The third-order valence-electron chi connectivity index (χ3n) is 2.67. The second kappa shape index (κ2) is 7.00. The van der Waals surface area contributed by atoms with Gasteiger partial charge in [-0.05, 0) is 12.1 Å². The van der Waals surface area contributed by atoms with Gasteiger partial charge in [-0.25, -0.2) is 9.78 Å². The minimum atomic E-state index is -1.12. The zero-order chi connectivity index (χ0) is 15.2. The Labute approximate surface area is 124 Å². The molecular formula is C13H14N2O5S. The first kappa shape index (κ1) is 15.2. The molecule has 2 rings (SSSR count). The van der Waals surface area contributed by atoms with Crippen molar-refractivity contribution in [2.75, 3.05) is 13.7 Å². The van der Waals surface area contributed by atoms with Gasteiger partial charge in [0.15, 0.2) is 16.9 Å². The molecule has 0 saturated heterocycles. The minimum absolute atomic E-state index is 0.0766. The summed E-state index contributed by atoms with van der Waals surface area (Å²) in [5.74, 6) is -0.779. The molecule has 2 N–H and O–H groups in total. The number of nitrogens with zero attached hydrogens (tertiary/aromatic N) is 1. The lowest BCUT2D eigenvalue weighted by atomic mass is 10.3. The Hall–Kier alpha value is -2.19. The monoisotopic (exact) mass is 310 g/mol. The van der Waals surface area contributed by atoms with E-state index in [9.17, 15) is 9.59 Å². The zero-order valence-corrected chi connectivity index (χ0v) is 12.1. The number of furan rings is 1. The van der Waals surface area contributed by atoms with Crippen molar-refractivity contribution in [2.45, 2.75) is 12.5 Å². The van der Waals surface area contributed by atoms with Crippen LogP contribution in [0, 0.1) is 0 Å². The summed E-state index contributed by atoms with van der Waals surface area (Å²) >= 11 is 1.38. The zero-order valence-electron chi connectivity index (χ0n) is 11.2. The first-order valence-corrected chi connectivity index (χ1v) is 6.98. The van der Waals surface area contributed by atoms with Crippen LogP contribution >= 0.6 is 11.3 Å². The number of carbonyl (C=O) groups is 2. The Morgan fingerprint density at radius 3 is 3.00 bits per heavy atom. The molecule has 2 aromatic rings. The summed E-state index contributed by atoms with van der Waals surface area (Å²) in [7, 11) is 1.28. The lowest BCUT2D eigenvalue weighted by molar-refractivity contribution is -0.148. The van der Waals surface area contributed by atoms with Crippen molar-refractivity contribution in [3.05, 3.63) is 29.5 Å². The summed E-state index contributed by atoms with van der Waals surface area (Å²) in [6.45, 7) is -0.0835. The van der Waals surface area contributed by atoms with E-state index in [1.165, 1.54) is 18.4 Å². The highest BCUT2D eigenvalue weighted by atomic mass is 32.1. The summed E-state index contributed by atoms with van der Waals surface area (Å²) in [5, 5.41) is 13.8. The van der Waals surface area contributed by atoms with Crippen LogP contribution < -0.4 is 5.32 Å². The van der Waals surface area contributed by atoms with Crippen molar-refractivity contribution in [3.8, 4) is 10.8 Å². The van der Waals surface area contributed by atoms with Gasteiger partial charge in [0.25, 0.3) is 0 Å². The molecule has 8 heteroatoms. The standard InChI is InChI=1S/C13H14N2O5S/c1-19-10(13(17)18)6-14-11(16)5-8-7-21-12(15-8)9-3-2-4-20-9/h2-4,7,10H,5-6H2,1H3,(H,14,16)(H,17,18). The molecular weight excluding hydrogens is 296 g/mol. The van der Waals surface area contributed by atoms with Crippen molar-refractivity contribution >= 4 is 23.2 Å². The molecule has 0 aliphatic rings. The summed E-state index contributed by atoms with van der Waals surface area (Å²) in [4.78, 5) is 26.8. The number of thiazole rings is 1. The van der Waals surface area contributed by atoms with Crippen LogP contribution in [0.5, 0.6) is 0 Å². The number of carbonyl (C=O) groups excluding carboxylic acids is 1. The number of aromatic nitrogens is 1. The van der Waals surface area contributed by atoms with Crippen LogP contribution in [0.25, 0.3) is 10.8 Å². The average molecular weight is 310 g/mol. The lowest BCUT2D eigenvalue weighted by Crippen LogP contribution is -2.38. The SMILES string of the molecule is COC(CNC(=O)Cc1csc(-c2ccco2)n1)C(=O)O. The van der Waals surface area contributed by atoms with E-state index in [1.54, 1.807) is 23.8 Å². The smallest absolute Gasteiger partial charge is 0.334 e. The fourth-order valence-corrected chi connectivity index (χ4v) is 2.39. The maximum atomic E-state index is 11.7. The molecule has 2 aromatic heterocycles. The highest BCUT2D eigenvalue weighted by Crippen LogP contribution is 2.23. The van der Waals surface area contributed by atoms with E-state index in [0.29, 0.717) is 16.5 Å². The third-order valence-corrected chi connectivity index (χ3v) is 3.58. The predicted octanol–water partition coefficient (Wildman–Crippen LogP) is 1.16. The number of carboxylic acids is 1. The van der Waals surface area contributed by atoms with Crippen LogP contribution in [-0.4, -0.2) is 41.7 Å². The van der Waals surface area contributed by atoms with E-state index in [-0.39, 0.29) is 18.9 Å². The molecule has 0 aliphatic heterocycles.